The average molecular weight is 171 g/mol. The van der Waals surface area contributed by atoms with Crippen LogP contribution in [0.15, 0.2) is 24.3 Å². The maximum atomic E-state index is 9.12. The predicted molar refractivity (Wildman–Crippen MR) is 52.3 cm³/mol. The third-order valence-corrected chi connectivity index (χ3v) is 3.04. The lowest BCUT2D eigenvalue weighted by molar-refractivity contribution is 0.791. The van der Waals surface area contributed by atoms with Gasteiger partial charge in [0.05, 0.1) is 11.5 Å². The second kappa shape index (κ2) is 2.60. The van der Waals surface area contributed by atoms with Gasteiger partial charge < -0.3 is 0 Å². The van der Waals surface area contributed by atoms with Crippen LogP contribution < -0.4 is 0 Å². The van der Waals surface area contributed by atoms with Crippen molar-refractivity contribution in [2.24, 2.45) is 5.92 Å². The molecule has 1 saturated carbocycles. The molecule has 0 amide bonds. The molecule has 2 rings (SSSR count). The van der Waals surface area contributed by atoms with E-state index in [-0.39, 0.29) is 5.41 Å². The van der Waals surface area contributed by atoms with Gasteiger partial charge in [-0.2, -0.15) is 5.26 Å². The van der Waals surface area contributed by atoms with E-state index in [1.165, 1.54) is 11.1 Å². The number of rotatable bonds is 1. The molecule has 1 aromatic carbocycles. The number of nitriles is 1. The Kier molecular flexibility index (Phi) is 1.66. The number of nitrogens with zero attached hydrogens (tertiary/aromatic N) is 1. The highest BCUT2D eigenvalue weighted by Crippen LogP contribution is 2.53. The molecular formula is C12H13N. The molecule has 66 valence electrons. The molecule has 0 N–H and O–H groups in total. The standard InChI is InChI=1S/C12H13N/c1-9-4-3-5-11(6-9)12(8-13)7-10(12)2/h3-6,10H,7H2,1-2H3. The Labute approximate surface area is 79.0 Å². The zero-order valence-electron chi connectivity index (χ0n) is 8.04. The molecule has 1 aliphatic rings. The number of hydrogen-bond donors (Lipinski definition) is 0. The number of aryl methyl sites for hydroxylation is 1. The van der Waals surface area contributed by atoms with Crippen LogP contribution in [0, 0.1) is 24.2 Å². The van der Waals surface area contributed by atoms with Crippen LogP contribution in [0.3, 0.4) is 0 Å². The molecule has 1 nitrogen and oxygen atoms in total. The summed E-state index contributed by atoms with van der Waals surface area (Å²) in [7, 11) is 0. The molecule has 1 aromatic rings. The van der Waals surface area contributed by atoms with Gasteiger partial charge in [-0.15, -0.1) is 0 Å². The van der Waals surface area contributed by atoms with E-state index >= 15 is 0 Å². The minimum atomic E-state index is -0.161. The smallest absolute Gasteiger partial charge is 0.0851 e. The first kappa shape index (κ1) is 8.31. The van der Waals surface area contributed by atoms with Crippen molar-refractivity contribution in [1.29, 1.82) is 5.26 Å². The van der Waals surface area contributed by atoms with Crippen molar-refractivity contribution in [2.75, 3.05) is 0 Å². The van der Waals surface area contributed by atoms with Crippen molar-refractivity contribution < 1.29 is 0 Å². The summed E-state index contributed by atoms with van der Waals surface area (Å²) in [5, 5.41) is 9.12. The van der Waals surface area contributed by atoms with Gasteiger partial charge in [-0.05, 0) is 24.8 Å². The fourth-order valence-electron chi connectivity index (χ4n) is 1.97. The summed E-state index contributed by atoms with van der Waals surface area (Å²) in [6.07, 6.45) is 1.02. The lowest BCUT2D eigenvalue weighted by Crippen LogP contribution is -2.05. The molecule has 1 heteroatoms. The molecule has 1 fully saturated rings. The molecule has 0 heterocycles. The fourth-order valence-corrected chi connectivity index (χ4v) is 1.97. The van der Waals surface area contributed by atoms with Crippen LogP contribution in [0.1, 0.15) is 24.5 Å². The van der Waals surface area contributed by atoms with Crippen LogP contribution in [-0.4, -0.2) is 0 Å². The van der Waals surface area contributed by atoms with E-state index in [0.29, 0.717) is 5.92 Å². The van der Waals surface area contributed by atoms with Crippen molar-refractivity contribution in [1.82, 2.24) is 0 Å². The summed E-state index contributed by atoms with van der Waals surface area (Å²) in [4.78, 5) is 0. The van der Waals surface area contributed by atoms with Crippen molar-refractivity contribution in [3.05, 3.63) is 35.4 Å². The van der Waals surface area contributed by atoms with Crippen molar-refractivity contribution >= 4 is 0 Å². The number of hydrogen-bond acceptors (Lipinski definition) is 1. The molecule has 0 aliphatic heterocycles. The van der Waals surface area contributed by atoms with Gasteiger partial charge in [0.2, 0.25) is 0 Å². The molecular weight excluding hydrogens is 158 g/mol. The Hall–Kier alpha value is -1.29. The average Bonchev–Trinajstić information content (AvgIpc) is 2.78. The Balaban J connectivity index is 2.42. The lowest BCUT2D eigenvalue weighted by Gasteiger charge is -2.07. The quantitative estimate of drug-likeness (QED) is 0.637. The first-order valence-corrected chi connectivity index (χ1v) is 4.67. The largest absolute Gasteiger partial charge is 0.197 e. The summed E-state index contributed by atoms with van der Waals surface area (Å²) in [6.45, 7) is 4.22. The van der Waals surface area contributed by atoms with Gasteiger partial charge in [-0.25, -0.2) is 0 Å². The third-order valence-electron chi connectivity index (χ3n) is 3.04. The van der Waals surface area contributed by atoms with E-state index in [4.69, 9.17) is 5.26 Å². The normalized spacial score (nSPS) is 31.0. The molecule has 2 unspecified atom stereocenters. The second-order valence-electron chi connectivity index (χ2n) is 4.06. The monoisotopic (exact) mass is 171 g/mol. The van der Waals surface area contributed by atoms with Gasteiger partial charge in [0.1, 0.15) is 0 Å². The topological polar surface area (TPSA) is 23.8 Å². The van der Waals surface area contributed by atoms with Gasteiger partial charge >= 0.3 is 0 Å². The van der Waals surface area contributed by atoms with Crippen LogP contribution >= 0.6 is 0 Å². The van der Waals surface area contributed by atoms with E-state index < -0.39 is 0 Å². The summed E-state index contributed by atoms with van der Waals surface area (Å²) >= 11 is 0. The van der Waals surface area contributed by atoms with Gasteiger partial charge in [-0.3, -0.25) is 0 Å². The van der Waals surface area contributed by atoms with Crippen LogP contribution in [0.5, 0.6) is 0 Å². The Morgan fingerprint density at radius 2 is 2.23 bits per heavy atom. The maximum Gasteiger partial charge on any atom is 0.0851 e. The maximum absolute atomic E-state index is 9.12. The van der Waals surface area contributed by atoms with Crippen molar-refractivity contribution in [2.45, 2.75) is 25.7 Å². The highest BCUT2D eigenvalue weighted by Gasteiger charge is 2.53. The van der Waals surface area contributed by atoms with Crippen LogP contribution in [0.4, 0.5) is 0 Å². The summed E-state index contributed by atoms with van der Waals surface area (Å²) in [6, 6.07) is 10.8. The zero-order chi connectivity index (χ0) is 9.47. The molecule has 0 spiro atoms. The highest BCUT2D eigenvalue weighted by atomic mass is 14.6. The van der Waals surface area contributed by atoms with Gasteiger partial charge in [0.15, 0.2) is 0 Å². The molecule has 0 aromatic heterocycles. The van der Waals surface area contributed by atoms with Gasteiger partial charge in [0, 0.05) is 0 Å². The Morgan fingerprint density at radius 3 is 2.69 bits per heavy atom. The first-order valence-electron chi connectivity index (χ1n) is 4.67. The molecule has 0 saturated heterocycles. The minimum absolute atomic E-state index is 0.161. The minimum Gasteiger partial charge on any atom is -0.197 e. The van der Waals surface area contributed by atoms with E-state index in [0.717, 1.165) is 6.42 Å². The van der Waals surface area contributed by atoms with E-state index in [1.54, 1.807) is 0 Å². The molecule has 13 heavy (non-hydrogen) atoms. The highest BCUT2D eigenvalue weighted by molar-refractivity contribution is 5.42. The van der Waals surface area contributed by atoms with Crippen molar-refractivity contribution in [3.63, 3.8) is 0 Å². The number of benzene rings is 1. The van der Waals surface area contributed by atoms with Gasteiger partial charge in [-0.1, -0.05) is 36.8 Å². The van der Waals surface area contributed by atoms with Crippen LogP contribution in [0.25, 0.3) is 0 Å². The van der Waals surface area contributed by atoms with Crippen LogP contribution in [0.2, 0.25) is 0 Å². The van der Waals surface area contributed by atoms with E-state index in [2.05, 4.69) is 38.1 Å². The predicted octanol–water partition coefficient (Wildman–Crippen LogP) is 2.80. The summed E-state index contributed by atoms with van der Waals surface area (Å²) < 4.78 is 0. The molecule has 0 radical (unpaired) electrons. The van der Waals surface area contributed by atoms with Crippen molar-refractivity contribution in [3.8, 4) is 6.07 Å². The SMILES string of the molecule is Cc1cccc(C2(C#N)CC2C)c1. The first-order chi connectivity index (χ1) is 6.19. The summed E-state index contributed by atoms with van der Waals surface area (Å²) in [5.41, 5.74) is 2.28. The van der Waals surface area contributed by atoms with Crippen LogP contribution in [-0.2, 0) is 5.41 Å². The van der Waals surface area contributed by atoms with E-state index in [9.17, 15) is 0 Å². The molecule has 0 bridgehead atoms. The lowest BCUT2D eigenvalue weighted by atomic mass is 9.94. The Morgan fingerprint density at radius 1 is 1.54 bits per heavy atom. The van der Waals surface area contributed by atoms with Gasteiger partial charge in [0.25, 0.3) is 0 Å². The molecule has 1 aliphatic carbocycles. The van der Waals surface area contributed by atoms with E-state index in [1.807, 2.05) is 6.07 Å². The third kappa shape index (κ3) is 1.14. The molecule has 2 atom stereocenters. The fraction of sp³-hybridized carbons (Fsp3) is 0.417. The zero-order valence-corrected chi connectivity index (χ0v) is 8.04. The Bertz CT molecular complexity index is 375. The summed E-state index contributed by atoms with van der Waals surface area (Å²) in [5.74, 6) is 0.527. The second-order valence-corrected chi connectivity index (χ2v) is 4.06.